The topological polar surface area (TPSA) is 191 Å². The summed E-state index contributed by atoms with van der Waals surface area (Å²) in [5.41, 5.74) is 5.18. The third-order valence-electron chi connectivity index (χ3n) is 5.80. The Hall–Kier alpha value is -3.22. The van der Waals surface area contributed by atoms with Crippen molar-refractivity contribution in [3.8, 4) is 0 Å². The van der Waals surface area contributed by atoms with Crippen molar-refractivity contribution in [3.63, 3.8) is 0 Å². The molecule has 0 spiro atoms. The fourth-order valence-corrected chi connectivity index (χ4v) is 3.99. The SMILES string of the molecule is CC(NC(=O)CN)C(=O)NC(C)C(=O)NCC(=O)N1CCCC1C(=O)N1CCCC1C(=O)O. The number of carbonyl (C=O) groups is 6. The van der Waals surface area contributed by atoms with E-state index in [-0.39, 0.29) is 19.0 Å². The Bertz CT molecular complexity index is 804. The minimum atomic E-state index is -1.06. The highest BCUT2D eigenvalue weighted by Crippen LogP contribution is 2.25. The molecule has 184 valence electrons. The standard InChI is InChI=1S/C20H32N6O7/c1-11(24-18(30)12(2)23-15(27)9-21)17(29)22-10-16(28)25-7-3-5-13(25)19(31)26-8-4-6-14(26)20(32)33/h11-14H,3-10,21H2,1-2H3,(H,22,29)(H,23,27)(H,24,30)(H,32,33). The minimum Gasteiger partial charge on any atom is -0.480 e. The van der Waals surface area contributed by atoms with Crippen molar-refractivity contribution in [1.29, 1.82) is 0 Å². The Morgan fingerprint density at radius 1 is 0.909 bits per heavy atom. The van der Waals surface area contributed by atoms with Crippen molar-refractivity contribution >= 4 is 35.5 Å². The molecule has 2 heterocycles. The van der Waals surface area contributed by atoms with Crippen molar-refractivity contribution in [1.82, 2.24) is 25.8 Å². The zero-order chi connectivity index (χ0) is 24.7. The van der Waals surface area contributed by atoms with Gasteiger partial charge in [0.05, 0.1) is 13.1 Å². The lowest BCUT2D eigenvalue weighted by Gasteiger charge is -2.30. The summed E-state index contributed by atoms with van der Waals surface area (Å²) >= 11 is 0. The van der Waals surface area contributed by atoms with Crippen molar-refractivity contribution in [2.75, 3.05) is 26.2 Å². The summed E-state index contributed by atoms with van der Waals surface area (Å²) in [5.74, 6) is -3.62. The van der Waals surface area contributed by atoms with E-state index in [1.165, 1.54) is 23.6 Å². The van der Waals surface area contributed by atoms with E-state index < -0.39 is 53.8 Å². The molecular formula is C20H32N6O7. The number of hydrogen-bond acceptors (Lipinski definition) is 7. The molecule has 0 aromatic carbocycles. The van der Waals surface area contributed by atoms with E-state index in [0.717, 1.165) is 0 Å². The molecular weight excluding hydrogens is 436 g/mol. The molecule has 13 heteroatoms. The molecule has 2 aliphatic rings. The van der Waals surface area contributed by atoms with Crippen LogP contribution in [0.25, 0.3) is 0 Å². The van der Waals surface area contributed by atoms with Gasteiger partial charge in [-0.25, -0.2) is 4.79 Å². The summed E-state index contributed by atoms with van der Waals surface area (Å²) in [7, 11) is 0. The van der Waals surface area contributed by atoms with Gasteiger partial charge >= 0.3 is 5.97 Å². The van der Waals surface area contributed by atoms with E-state index in [4.69, 9.17) is 5.73 Å². The molecule has 2 rings (SSSR count). The number of carboxylic acid groups (broad SMARTS) is 1. The second-order valence-corrected chi connectivity index (χ2v) is 8.21. The Balaban J connectivity index is 1.86. The zero-order valence-corrected chi connectivity index (χ0v) is 18.8. The van der Waals surface area contributed by atoms with Crippen molar-refractivity contribution in [3.05, 3.63) is 0 Å². The fourth-order valence-electron chi connectivity index (χ4n) is 3.99. The van der Waals surface area contributed by atoms with Crippen LogP contribution in [0.15, 0.2) is 0 Å². The molecule has 0 aromatic rings. The Morgan fingerprint density at radius 3 is 2.09 bits per heavy atom. The first kappa shape index (κ1) is 26.0. The highest BCUT2D eigenvalue weighted by molar-refractivity contribution is 5.95. The third-order valence-corrected chi connectivity index (χ3v) is 5.80. The van der Waals surface area contributed by atoms with Gasteiger partial charge in [-0.1, -0.05) is 0 Å². The third kappa shape index (κ3) is 6.63. The Labute approximate surface area is 191 Å². The number of likely N-dealkylation sites (tertiary alicyclic amines) is 2. The van der Waals surface area contributed by atoms with Crippen molar-refractivity contribution < 1.29 is 33.9 Å². The molecule has 2 saturated heterocycles. The molecule has 33 heavy (non-hydrogen) atoms. The molecule has 6 N–H and O–H groups in total. The maximum absolute atomic E-state index is 12.9. The average molecular weight is 469 g/mol. The summed E-state index contributed by atoms with van der Waals surface area (Å²) in [4.78, 5) is 75.3. The molecule has 2 fully saturated rings. The number of hydrogen-bond donors (Lipinski definition) is 5. The number of aliphatic carboxylic acids is 1. The van der Waals surface area contributed by atoms with E-state index in [1.54, 1.807) is 0 Å². The number of nitrogens with zero attached hydrogens (tertiary/aromatic N) is 2. The fraction of sp³-hybridized carbons (Fsp3) is 0.700. The zero-order valence-electron chi connectivity index (χ0n) is 18.8. The van der Waals surface area contributed by atoms with Gasteiger partial charge in [-0.3, -0.25) is 24.0 Å². The molecule has 4 atom stereocenters. The lowest BCUT2D eigenvalue weighted by atomic mass is 10.1. The molecule has 0 aliphatic carbocycles. The van der Waals surface area contributed by atoms with E-state index in [0.29, 0.717) is 38.8 Å². The number of nitrogens with one attached hydrogen (secondary N) is 3. The van der Waals surface area contributed by atoms with Gasteiger partial charge in [-0.2, -0.15) is 0 Å². The van der Waals surface area contributed by atoms with Gasteiger partial charge < -0.3 is 36.6 Å². The van der Waals surface area contributed by atoms with E-state index in [1.807, 2.05) is 0 Å². The van der Waals surface area contributed by atoms with Crippen molar-refractivity contribution in [2.45, 2.75) is 63.7 Å². The normalized spacial score (nSPS) is 21.8. The maximum Gasteiger partial charge on any atom is 0.326 e. The molecule has 2 aliphatic heterocycles. The van der Waals surface area contributed by atoms with E-state index in [2.05, 4.69) is 16.0 Å². The molecule has 0 aromatic heterocycles. The lowest BCUT2D eigenvalue weighted by molar-refractivity contribution is -0.151. The Kier molecular flexibility index (Phi) is 9.14. The van der Waals surface area contributed by atoms with Gasteiger partial charge in [0.2, 0.25) is 29.5 Å². The summed E-state index contributed by atoms with van der Waals surface area (Å²) in [5, 5.41) is 16.6. The van der Waals surface area contributed by atoms with Crippen LogP contribution in [-0.2, 0) is 28.8 Å². The molecule has 0 saturated carbocycles. The highest BCUT2D eigenvalue weighted by atomic mass is 16.4. The minimum absolute atomic E-state index is 0.273. The van der Waals surface area contributed by atoms with Crippen LogP contribution in [0.4, 0.5) is 0 Å². The smallest absolute Gasteiger partial charge is 0.326 e. The van der Waals surface area contributed by atoms with Crippen LogP contribution in [0.2, 0.25) is 0 Å². The van der Waals surface area contributed by atoms with Crippen LogP contribution >= 0.6 is 0 Å². The van der Waals surface area contributed by atoms with Gasteiger partial charge in [0.15, 0.2) is 0 Å². The first-order chi connectivity index (χ1) is 15.6. The number of carbonyl (C=O) groups excluding carboxylic acids is 5. The highest BCUT2D eigenvalue weighted by Gasteiger charge is 2.42. The first-order valence-corrected chi connectivity index (χ1v) is 11.0. The summed E-state index contributed by atoms with van der Waals surface area (Å²) < 4.78 is 0. The summed E-state index contributed by atoms with van der Waals surface area (Å²) in [6.45, 7) is 2.90. The number of carboxylic acids is 1. The first-order valence-electron chi connectivity index (χ1n) is 11.0. The van der Waals surface area contributed by atoms with Gasteiger partial charge in [0, 0.05) is 13.1 Å². The number of rotatable bonds is 9. The lowest BCUT2D eigenvalue weighted by Crippen LogP contribution is -2.54. The molecule has 4 unspecified atom stereocenters. The monoisotopic (exact) mass is 468 g/mol. The van der Waals surface area contributed by atoms with Crippen LogP contribution in [0, 0.1) is 0 Å². The average Bonchev–Trinajstić information content (AvgIpc) is 3.46. The second kappa shape index (κ2) is 11.6. The molecule has 5 amide bonds. The molecule has 13 nitrogen and oxygen atoms in total. The van der Waals surface area contributed by atoms with Crippen LogP contribution in [0.5, 0.6) is 0 Å². The van der Waals surface area contributed by atoms with Gasteiger partial charge in [-0.15, -0.1) is 0 Å². The van der Waals surface area contributed by atoms with Crippen LogP contribution < -0.4 is 21.7 Å². The summed E-state index contributed by atoms with van der Waals surface area (Å²) in [6.07, 6.45) is 2.01. The van der Waals surface area contributed by atoms with Crippen LogP contribution in [0.3, 0.4) is 0 Å². The van der Waals surface area contributed by atoms with Crippen LogP contribution in [-0.4, -0.2) is 101 Å². The molecule has 0 radical (unpaired) electrons. The second-order valence-electron chi connectivity index (χ2n) is 8.21. The van der Waals surface area contributed by atoms with Gasteiger partial charge in [-0.05, 0) is 39.5 Å². The predicted octanol–water partition coefficient (Wildman–Crippen LogP) is -2.86. The van der Waals surface area contributed by atoms with Gasteiger partial charge in [0.1, 0.15) is 24.2 Å². The van der Waals surface area contributed by atoms with Crippen LogP contribution in [0.1, 0.15) is 39.5 Å². The quantitative estimate of drug-likeness (QED) is 0.238. The maximum atomic E-state index is 12.9. The van der Waals surface area contributed by atoms with Gasteiger partial charge in [0.25, 0.3) is 0 Å². The number of nitrogens with two attached hydrogens (primary N) is 1. The summed E-state index contributed by atoms with van der Waals surface area (Å²) in [6, 6.07) is -3.50. The largest absolute Gasteiger partial charge is 0.480 e. The predicted molar refractivity (Wildman–Crippen MR) is 114 cm³/mol. The van der Waals surface area contributed by atoms with E-state index in [9.17, 15) is 33.9 Å². The number of amides is 5. The molecule has 0 bridgehead atoms. The van der Waals surface area contributed by atoms with E-state index >= 15 is 0 Å². The Morgan fingerprint density at radius 2 is 1.48 bits per heavy atom. The van der Waals surface area contributed by atoms with Crippen molar-refractivity contribution in [2.24, 2.45) is 5.73 Å².